The molecular formula is C13H22N2O2. The molecule has 0 heterocycles. The van der Waals surface area contributed by atoms with E-state index in [2.05, 4.69) is 5.32 Å². The van der Waals surface area contributed by atoms with Gasteiger partial charge in [0.15, 0.2) is 0 Å². The second kappa shape index (κ2) is 5.89. The summed E-state index contributed by atoms with van der Waals surface area (Å²) < 4.78 is 5.69. The Balaban J connectivity index is 2.66. The van der Waals surface area contributed by atoms with Gasteiger partial charge < -0.3 is 20.1 Å². The molecule has 1 unspecified atom stereocenters. The van der Waals surface area contributed by atoms with E-state index in [1.807, 2.05) is 57.2 Å². The smallest absolute Gasteiger partial charge is 0.121 e. The van der Waals surface area contributed by atoms with Gasteiger partial charge in [-0.15, -0.1) is 0 Å². The van der Waals surface area contributed by atoms with Crippen LogP contribution in [-0.4, -0.2) is 45.0 Å². The predicted octanol–water partition coefficient (Wildman–Crippen LogP) is 1.10. The normalized spacial score (nSPS) is 14.2. The Bertz CT molecular complexity index is 349. The van der Waals surface area contributed by atoms with Gasteiger partial charge in [0.25, 0.3) is 0 Å². The fourth-order valence-electron chi connectivity index (χ4n) is 1.29. The maximum absolute atomic E-state index is 9.26. The second-order valence-electron chi connectivity index (χ2n) is 4.65. The molecule has 0 aliphatic rings. The number of nitrogens with one attached hydrogen (secondary N) is 1. The van der Waals surface area contributed by atoms with Gasteiger partial charge in [-0.1, -0.05) is 6.07 Å². The topological polar surface area (TPSA) is 44.7 Å². The van der Waals surface area contributed by atoms with Gasteiger partial charge in [-0.2, -0.15) is 0 Å². The van der Waals surface area contributed by atoms with E-state index in [0.29, 0.717) is 6.61 Å². The monoisotopic (exact) mass is 238 g/mol. The molecule has 17 heavy (non-hydrogen) atoms. The molecule has 0 amide bonds. The maximum atomic E-state index is 9.26. The van der Waals surface area contributed by atoms with Gasteiger partial charge in [-0.25, -0.2) is 0 Å². The molecule has 0 aliphatic carbocycles. The molecule has 1 aromatic carbocycles. The Kier molecular flexibility index (Phi) is 4.78. The lowest BCUT2D eigenvalue weighted by atomic mass is 10.1. The van der Waals surface area contributed by atoms with Crippen LogP contribution in [0.3, 0.4) is 0 Å². The van der Waals surface area contributed by atoms with Crippen molar-refractivity contribution in [2.75, 3.05) is 39.3 Å². The standard InChI is InChI=1S/C13H22N2O2/c1-13(9-16,14-2)10-17-12-7-5-6-11(8-12)15(3)4/h5-8,14,16H,9-10H2,1-4H3. The van der Waals surface area contributed by atoms with Gasteiger partial charge in [-0.3, -0.25) is 0 Å². The third-order valence-corrected chi connectivity index (χ3v) is 2.84. The van der Waals surface area contributed by atoms with Crippen LogP contribution in [0.5, 0.6) is 5.75 Å². The molecule has 0 fully saturated rings. The predicted molar refractivity (Wildman–Crippen MR) is 70.8 cm³/mol. The fourth-order valence-corrected chi connectivity index (χ4v) is 1.29. The van der Waals surface area contributed by atoms with Crippen molar-refractivity contribution in [3.8, 4) is 5.75 Å². The Labute approximate surface area is 103 Å². The molecule has 1 aromatic rings. The molecule has 1 atom stereocenters. The van der Waals surface area contributed by atoms with Gasteiger partial charge in [0, 0.05) is 25.8 Å². The second-order valence-corrected chi connectivity index (χ2v) is 4.65. The molecule has 4 nitrogen and oxygen atoms in total. The lowest BCUT2D eigenvalue weighted by Crippen LogP contribution is -2.48. The first-order valence-electron chi connectivity index (χ1n) is 5.71. The number of aliphatic hydroxyl groups excluding tert-OH is 1. The molecule has 0 saturated heterocycles. The van der Waals surface area contributed by atoms with E-state index in [4.69, 9.17) is 4.74 Å². The third-order valence-electron chi connectivity index (χ3n) is 2.84. The van der Waals surface area contributed by atoms with Gasteiger partial charge in [-0.05, 0) is 26.1 Å². The zero-order valence-electron chi connectivity index (χ0n) is 11.0. The highest BCUT2D eigenvalue weighted by molar-refractivity contribution is 5.49. The van der Waals surface area contributed by atoms with Crippen molar-refractivity contribution < 1.29 is 9.84 Å². The molecule has 0 spiro atoms. The summed E-state index contributed by atoms with van der Waals surface area (Å²) in [6.07, 6.45) is 0. The van der Waals surface area contributed by atoms with Crippen molar-refractivity contribution in [2.24, 2.45) is 0 Å². The minimum Gasteiger partial charge on any atom is -0.492 e. The van der Waals surface area contributed by atoms with Crippen LogP contribution in [0.4, 0.5) is 5.69 Å². The van der Waals surface area contributed by atoms with Crippen molar-refractivity contribution in [2.45, 2.75) is 12.5 Å². The molecule has 96 valence electrons. The lowest BCUT2D eigenvalue weighted by Gasteiger charge is -2.26. The summed E-state index contributed by atoms with van der Waals surface area (Å²) in [7, 11) is 5.80. The number of hydrogen-bond acceptors (Lipinski definition) is 4. The summed E-state index contributed by atoms with van der Waals surface area (Å²) in [5.74, 6) is 0.811. The van der Waals surface area contributed by atoms with Gasteiger partial charge in [0.05, 0.1) is 12.1 Å². The number of aliphatic hydroxyl groups is 1. The van der Waals surface area contributed by atoms with E-state index in [1.165, 1.54) is 0 Å². The SMILES string of the molecule is CNC(C)(CO)COc1cccc(N(C)C)c1. The van der Waals surface area contributed by atoms with Crippen LogP contribution < -0.4 is 15.0 Å². The summed E-state index contributed by atoms with van der Waals surface area (Å²) in [6, 6.07) is 7.88. The molecular weight excluding hydrogens is 216 g/mol. The highest BCUT2D eigenvalue weighted by atomic mass is 16.5. The molecule has 1 rings (SSSR count). The first-order valence-corrected chi connectivity index (χ1v) is 5.71. The summed E-state index contributed by atoms with van der Waals surface area (Å²) >= 11 is 0. The summed E-state index contributed by atoms with van der Waals surface area (Å²) in [5, 5.41) is 12.3. The lowest BCUT2D eigenvalue weighted by molar-refractivity contribution is 0.122. The van der Waals surface area contributed by atoms with Crippen LogP contribution in [0.1, 0.15) is 6.92 Å². The summed E-state index contributed by atoms with van der Waals surface area (Å²) in [5.41, 5.74) is 0.686. The van der Waals surface area contributed by atoms with Crippen LogP contribution in [0, 0.1) is 0 Å². The average molecular weight is 238 g/mol. The minimum atomic E-state index is -0.409. The number of rotatable bonds is 6. The number of hydrogen-bond donors (Lipinski definition) is 2. The van der Waals surface area contributed by atoms with Crippen molar-refractivity contribution in [3.05, 3.63) is 24.3 Å². The fraction of sp³-hybridized carbons (Fsp3) is 0.538. The summed E-state index contributed by atoms with van der Waals surface area (Å²) in [6.45, 7) is 2.39. The number of likely N-dealkylation sites (N-methyl/N-ethyl adjacent to an activating group) is 1. The Morgan fingerprint density at radius 1 is 1.41 bits per heavy atom. The van der Waals surface area contributed by atoms with E-state index in [9.17, 15) is 5.11 Å². The van der Waals surface area contributed by atoms with Gasteiger partial charge >= 0.3 is 0 Å². The first kappa shape index (κ1) is 13.8. The highest BCUT2D eigenvalue weighted by Crippen LogP contribution is 2.20. The third kappa shape index (κ3) is 3.91. The zero-order chi connectivity index (χ0) is 12.9. The molecule has 0 bridgehead atoms. The average Bonchev–Trinajstić information content (AvgIpc) is 2.36. The van der Waals surface area contributed by atoms with Crippen molar-refractivity contribution >= 4 is 5.69 Å². The molecule has 0 aromatic heterocycles. The number of benzene rings is 1. The van der Waals surface area contributed by atoms with E-state index >= 15 is 0 Å². The van der Waals surface area contributed by atoms with Crippen LogP contribution in [0.25, 0.3) is 0 Å². The molecule has 0 radical (unpaired) electrons. The Morgan fingerprint density at radius 3 is 2.65 bits per heavy atom. The van der Waals surface area contributed by atoms with Gasteiger partial charge in [0.2, 0.25) is 0 Å². The highest BCUT2D eigenvalue weighted by Gasteiger charge is 2.21. The van der Waals surface area contributed by atoms with E-state index in [0.717, 1.165) is 11.4 Å². The number of ether oxygens (including phenoxy) is 1. The minimum absolute atomic E-state index is 0.0386. The molecule has 2 N–H and O–H groups in total. The zero-order valence-corrected chi connectivity index (χ0v) is 11.0. The number of nitrogens with zero attached hydrogens (tertiary/aromatic N) is 1. The van der Waals surface area contributed by atoms with Crippen molar-refractivity contribution in [1.82, 2.24) is 5.32 Å². The van der Waals surface area contributed by atoms with Crippen LogP contribution in [0.2, 0.25) is 0 Å². The first-order chi connectivity index (χ1) is 8.00. The van der Waals surface area contributed by atoms with E-state index < -0.39 is 5.54 Å². The van der Waals surface area contributed by atoms with Crippen molar-refractivity contribution in [1.29, 1.82) is 0 Å². The Hall–Kier alpha value is -1.26. The van der Waals surface area contributed by atoms with Crippen LogP contribution in [-0.2, 0) is 0 Å². The van der Waals surface area contributed by atoms with Crippen molar-refractivity contribution in [3.63, 3.8) is 0 Å². The summed E-state index contributed by atoms with van der Waals surface area (Å²) in [4.78, 5) is 2.02. The van der Waals surface area contributed by atoms with Crippen LogP contribution >= 0.6 is 0 Å². The molecule has 0 saturated carbocycles. The van der Waals surface area contributed by atoms with E-state index in [1.54, 1.807) is 0 Å². The number of anilines is 1. The van der Waals surface area contributed by atoms with E-state index in [-0.39, 0.29) is 6.61 Å². The molecule has 0 aliphatic heterocycles. The largest absolute Gasteiger partial charge is 0.492 e. The van der Waals surface area contributed by atoms with Crippen LogP contribution in [0.15, 0.2) is 24.3 Å². The van der Waals surface area contributed by atoms with Gasteiger partial charge in [0.1, 0.15) is 12.4 Å². The molecule has 4 heteroatoms. The Morgan fingerprint density at radius 2 is 2.12 bits per heavy atom. The maximum Gasteiger partial charge on any atom is 0.121 e. The quantitative estimate of drug-likeness (QED) is 0.779.